The van der Waals surface area contributed by atoms with Gasteiger partial charge in [0.2, 0.25) is 5.91 Å². The Morgan fingerprint density at radius 2 is 1.91 bits per heavy atom. The molecule has 0 aromatic heterocycles. The van der Waals surface area contributed by atoms with E-state index in [1.807, 2.05) is 0 Å². The average Bonchev–Trinajstić information content (AvgIpc) is 3.12. The van der Waals surface area contributed by atoms with E-state index in [1.54, 1.807) is 0 Å². The van der Waals surface area contributed by atoms with Gasteiger partial charge in [-0.3, -0.25) is 14.6 Å². The Morgan fingerprint density at radius 3 is 2.50 bits per heavy atom. The van der Waals surface area contributed by atoms with E-state index in [0.717, 1.165) is 44.6 Å². The van der Waals surface area contributed by atoms with Gasteiger partial charge in [0.05, 0.1) is 13.2 Å². The summed E-state index contributed by atoms with van der Waals surface area (Å²) in [6, 6.07) is 0.332. The minimum Gasteiger partial charge on any atom is -0.395 e. The third kappa shape index (κ3) is 3.81. The molecule has 2 aliphatic carbocycles. The number of nitrogens with one attached hydrogen (secondary N) is 1. The van der Waals surface area contributed by atoms with Gasteiger partial charge in [-0.15, -0.1) is 0 Å². The second kappa shape index (κ2) is 7.28. The number of hydrogen-bond donors (Lipinski definition) is 2. The van der Waals surface area contributed by atoms with E-state index in [9.17, 15) is 4.79 Å². The van der Waals surface area contributed by atoms with Crippen LogP contribution in [-0.4, -0.2) is 72.7 Å². The Morgan fingerprint density at radius 1 is 1.18 bits per heavy atom. The number of aliphatic hydroxyl groups excluding tert-OH is 1. The molecule has 126 valence electrons. The van der Waals surface area contributed by atoms with E-state index in [-0.39, 0.29) is 12.5 Å². The van der Waals surface area contributed by atoms with Crippen LogP contribution in [0, 0.1) is 17.8 Å². The average molecular weight is 309 g/mol. The molecule has 3 aliphatic rings. The van der Waals surface area contributed by atoms with Crippen LogP contribution in [0.4, 0.5) is 0 Å². The molecule has 5 heteroatoms. The number of piperazine rings is 1. The molecule has 0 aromatic rings. The molecular weight excluding hydrogens is 278 g/mol. The smallest absolute Gasteiger partial charge is 0.234 e. The van der Waals surface area contributed by atoms with Gasteiger partial charge in [-0.25, -0.2) is 0 Å². The van der Waals surface area contributed by atoms with Crippen molar-refractivity contribution < 1.29 is 9.90 Å². The van der Waals surface area contributed by atoms with Gasteiger partial charge in [-0.05, 0) is 43.9 Å². The summed E-state index contributed by atoms with van der Waals surface area (Å²) >= 11 is 0. The summed E-state index contributed by atoms with van der Waals surface area (Å²) in [5, 5.41) is 12.2. The second-order valence-electron chi connectivity index (χ2n) is 7.54. The first-order valence-electron chi connectivity index (χ1n) is 9.00. The lowest BCUT2D eigenvalue weighted by Gasteiger charge is -2.34. The highest BCUT2D eigenvalue weighted by Gasteiger charge is 2.42. The normalized spacial score (nSPS) is 34.0. The van der Waals surface area contributed by atoms with E-state index in [0.29, 0.717) is 18.5 Å². The lowest BCUT2D eigenvalue weighted by atomic mass is 9.84. The number of rotatable bonds is 6. The summed E-state index contributed by atoms with van der Waals surface area (Å²) in [4.78, 5) is 16.8. The lowest BCUT2D eigenvalue weighted by Crippen LogP contribution is -2.51. The molecule has 1 aliphatic heterocycles. The quantitative estimate of drug-likeness (QED) is 0.752. The van der Waals surface area contributed by atoms with E-state index >= 15 is 0 Å². The molecule has 2 N–H and O–H groups in total. The SMILES string of the molecule is CC(NC(=O)CN1CCN(CCO)CC1)C1CC2CCC1C2. The van der Waals surface area contributed by atoms with Crippen LogP contribution in [0.15, 0.2) is 0 Å². The Bertz CT molecular complexity index is 382. The van der Waals surface area contributed by atoms with Crippen LogP contribution < -0.4 is 5.32 Å². The molecule has 0 spiro atoms. The van der Waals surface area contributed by atoms with Crippen LogP contribution in [0.1, 0.15) is 32.6 Å². The van der Waals surface area contributed by atoms with Gasteiger partial charge in [-0.2, -0.15) is 0 Å². The van der Waals surface area contributed by atoms with Crippen molar-refractivity contribution in [2.45, 2.75) is 38.6 Å². The Balaban J connectivity index is 1.37. The first-order valence-corrected chi connectivity index (χ1v) is 9.00. The standard InChI is InChI=1S/C17H31N3O2/c1-13(16-11-14-2-3-15(16)10-14)18-17(22)12-20-6-4-19(5-7-20)8-9-21/h13-16,21H,2-12H2,1H3,(H,18,22). The Labute approximate surface area is 134 Å². The Kier molecular flexibility index (Phi) is 5.37. The number of aliphatic hydroxyl groups is 1. The maximum absolute atomic E-state index is 12.3. The van der Waals surface area contributed by atoms with Crippen molar-refractivity contribution in [1.29, 1.82) is 0 Å². The van der Waals surface area contributed by atoms with E-state index < -0.39 is 0 Å². The molecule has 0 radical (unpaired) electrons. The van der Waals surface area contributed by atoms with Crippen molar-refractivity contribution in [2.24, 2.45) is 17.8 Å². The summed E-state index contributed by atoms with van der Waals surface area (Å²) in [5.41, 5.74) is 0. The minimum absolute atomic E-state index is 0.186. The number of hydrogen-bond acceptors (Lipinski definition) is 4. The fourth-order valence-electron chi connectivity index (χ4n) is 4.83. The van der Waals surface area contributed by atoms with Gasteiger partial charge in [-0.1, -0.05) is 6.42 Å². The van der Waals surface area contributed by atoms with Crippen LogP contribution in [0.5, 0.6) is 0 Å². The predicted molar refractivity (Wildman–Crippen MR) is 86.5 cm³/mol. The third-order valence-corrected chi connectivity index (χ3v) is 6.07. The monoisotopic (exact) mass is 309 g/mol. The van der Waals surface area contributed by atoms with Gasteiger partial charge < -0.3 is 10.4 Å². The molecular formula is C17H31N3O2. The highest BCUT2D eigenvalue weighted by Crippen LogP contribution is 2.49. The zero-order chi connectivity index (χ0) is 15.5. The molecule has 4 unspecified atom stereocenters. The Hall–Kier alpha value is -0.650. The maximum Gasteiger partial charge on any atom is 0.234 e. The zero-order valence-corrected chi connectivity index (χ0v) is 13.8. The molecule has 2 bridgehead atoms. The number of fused-ring (bicyclic) bond motifs is 2. The van der Waals surface area contributed by atoms with E-state index in [4.69, 9.17) is 5.11 Å². The molecule has 22 heavy (non-hydrogen) atoms. The summed E-state index contributed by atoms with van der Waals surface area (Å²) in [6.07, 6.45) is 5.52. The molecule has 5 nitrogen and oxygen atoms in total. The highest BCUT2D eigenvalue weighted by molar-refractivity contribution is 5.78. The van der Waals surface area contributed by atoms with E-state index in [2.05, 4.69) is 22.0 Å². The van der Waals surface area contributed by atoms with Crippen molar-refractivity contribution in [2.75, 3.05) is 45.9 Å². The highest BCUT2D eigenvalue weighted by atomic mass is 16.3. The van der Waals surface area contributed by atoms with Gasteiger partial charge >= 0.3 is 0 Å². The number of nitrogens with zero attached hydrogens (tertiary/aromatic N) is 2. The van der Waals surface area contributed by atoms with Crippen LogP contribution >= 0.6 is 0 Å². The molecule has 1 amide bonds. The maximum atomic E-state index is 12.3. The van der Waals surface area contributed by atoms with Crippen molar-refractivity contribution in [1.82, 2.24) is 15.1 Å². The van der Waals surface area contributed by atoms with Gasteiger partial charge in [0, 0.05) is 38.8 Å². The van der Waals surface area contributed by atoms with Crippen molar-refractivity contribution >= 4 is 5.91 Å². The molecule has 0 aromatic carbocycles. The molecule has 1 heterocycles. The van der Waals surface area contributed by atoms with Crippen LogP contribution in [0.3, 0.4) is 0 Å². The predicted octanol–water partition coefficient (Wildman–Crippen LogP) is 0.537. The molecule has 3 rings (SSSR count). The van der Waals surface area contributed by atoms with Gasteiger partial charge in [0.25, 0.3) is 0 Å². The largest absolute Gasteiger partial charge is 0.395 e. The topological polar surface area (TPSA) is 55.8 Å². The van der Waals surface area contributed by atoms with Crippen molar-refractivity contribution in [3.63, 3.8) is 0 Å². The van der Waals surface area contributed by atoms with Gasteiger partial charge in [0.1, 0.15) is 0 Å². The lowest BCUT2D eigenvalue weighted by molar-refractivity contribution is -0.123. The second-order valence-corrected chi connectivity index (χ2v) is 7.54. The van der Waals surface area contributed by atoms with E-state index in [1.165, 1.54) is 25.7 Å². The first-order chi connectivity index (χ1) is 10.7. The van der Waals surface area contributed by atoms with Crippen molar-refractivity contribution in [3.05, 3.63) is 0 Å². The molecule has 2 saturated carbocycles. The van der Waals surface area contributed by atoms with Gasteiger partial charge in [0.15, 0.2) is 0 Å². The number of carbonyl (C=O) groups is 1. The first kappa shape index (κ1) is 16.2. The van der Waals surface area contributed by atoms with Crippen LogP contribution in [0.2, 0.25) is 0 Å². The minimum atomic E-state index is 0.186. The summed E-state index contributed by atoms with van der Waals surface area (Å²) in [5.74, 6) is 2.70. The number of carbonyl (C=O) groups excluding carboxylic acids is 1. The summed E-state index contributed by atoms with van der Waals surface area (Å²) in [7, 11) is 0. The fourth-order valence-corrected chi connectivity index (χ4v) is 4.83. The number of amides is 1. The van der Waals surface area contributed by atoms with Crippen LogP contribution in [0.25, 0.3) is 0 Å². The third-order valence-electron chi connectivity index (χ3n) is 6.07. The molecule has 3 fully saturated rings. The summed E-state index contributed by atoms with van der Waals surface area (Å²) < 4.78 is 0. The molecule has 4 atom stereocenters. The number of β-amino-alcohol motifs (C(OH)–C–C–N with tert-alkyl or cyclic N) is 1. The molecule has 1 saturated heterocycles. The van der Waals surface area contributed by atoms with Crippen LogP contribution in [-0.2, 0) is 4.79 Å². The summed E-state index contributed by atoms with van der Waals surface area (Å²) in [6.45, 7) is 7.46. The zero-order valence-electron chi connectivity index (χ0n) is 13.8. The van der Waals surface area contributed by atoms with Crippen molar-refractivity contribution in [3.8, 4) is 0 Å². The fraction of sp³-hybridized carbons (Fsp3) is 0.941.